The van der Waals surface area contributed by atoms with Gasteiger partial charge in [-0.25, -0.2) is 0 Å². The number of hydrogen-bond donors (Lipinski definition) is 3. The lowest BCUT2D eigenvalue weighted by Crippen LogP contribution is -3.00. The van der Waals surface area contributed by atoms with Crippen LogP contribution in [0.3, 0.4) is 0 Å². The van der Waals surface area contributed by atoms with Crippen molar-refractivity contribution in [1.82, 2.24) is 0 Å². The molecule has 21 heavy (non-hydrogen) atoms. The third-order valence-electron chi connectivity index (χ3n) is 3.91. The van der Waals surface area contributed by atoms with E-state index in [0.717, 1.165) is 30.5 Å². The molecule has 0 bridgehead atoms. The normalized spacial score (nSPS) is 16.9. The van der Waals surface area contributed by atoms with Crippen molar-refractivity contribution < 1.29 is 37.6 Å². The van der Waals surface area contributed by atoms with Crippen molar-refractivity contribution in [1.29, 1.82) is 0 Å². The van der Waals surface area contributed by atoms with E-state index in [4.69, 9.17) is 5.11 Å². The molecule has 0 radical (unpaired) electrons. The summed E-state index contributed by atoms with van der Waals surface area (Å²) in [4.78, 5) is 0. The predicted molar refractivity (Wildman–Crippen MR) is 76.2 cm³/mol. The quantitative estimate of drug-likeness (QED) is 0.429. The Bertz CT molecular complexity index is 628. The number of aromatic hydroxyl groups is 2. The van der Waals surface area contributed by atoms with E-state index < -0.39 is 0 Å². The second-order valence-electron chi connectivity index (χ2n) is 5.32. The molecule has 0 saturated heterocycles. The second-order valence-corrected chi connectivity index (χ2v) is 5.32. The molecule has 4 nitrogen and oxygen atoms in total. The Labute approximate surface area is 133 Å². The molecule has 112 valence electrons. The van der Waals surface area contributed by atoms with E-state index in [1.165, 1.54) is 5.56 Å². The van der Waals surface area contributed by atoms with Gasteiger partial charge in [-0.2, -0.15) is 0 Å². The van der Waals surface area contributed by atoms with Crippen LogP contribution in [-0.4, -0.2) is 21.9 Å². The lowest BCUT2D eigenvalue weighted by Gasteiger charge is -2.24. The molecule has 0 fully saturated rings. The lowest BCUT2D eigenvalue weighted by atomic mass is 9.90. The minimum Gasteiger partial charge on any atom is -1.00 e. The Balaban J connectivity index is 0.00000161. The first-order valence-electron chi connectivity index (χ1n) is 6.82. The van der Waals surface area contributed by atoms with Crippen LogP contribution >= 0.6 is 0 Å². The highest BCUT2D eigenvalue weighted by atomic mass is 79.9. The van der Waals surface area contributed by atoms with Crippen LogP contribution in [0.2, 0.25) is 0 Å². The van der Waals surface area contributed by atoms with Gasteiger partial charge in [0.15, 0.2) is 11.5 Å². The Morgan fingerprint density at radius 3 is 2.48 bits per heavy atom. The molecule has 0 saturated carbocycles. The third kappa shape index (κ3) is 3.31. The van der Waals surface area contributed by atoms with Crippen molar-refractivity contribution in [3.05, 3.63) is 53.1 Å². The molecule has 1 aliphatic rings. The maximum Gasteiger partial charge on any atom is 0.253 e. The van der Waals surface area contributed by atoms with Gasteiger partial charge in [-0.3, -0.25) is 0 Å². The highest BCUT2D eigenvalue weighted by Crippen LogP contribution is 2.33. The first-order valence-corrected chi connectivity index (χ1v) is 6.82. The van der Waals surface area contributed by atoms with Crippen molar-refractivity contribution in [3.63, 3.8) is 0 Å². The van der Waals surface area contributed by atoms with Crippen LogP contribution in [0.1, 0.15) is 22.7 Å². The van der Waals surface area contributed by atoms with E-state index in [-0.39, 0.29) is 34.5 Å². The molecule has 2 aromatic carbocycles. The fourth-order valence-corrected chi connectivity index (χ4v) is 2.85. The van der Waals surface area contributed by atoms with Crippen LogP contribution in [0.4, 0.5) is 0 Å². The summed E-state index contributed by atoms with van der Waals surface area (Å²) in [7, 11) is 0. The van der Waals surface area contributed by atoms with Gasteiger partial charge in [0, 0.05) is 30.5 Å². The molecular weight excluding hydrogens is 334 g/mol. The van der Waals surface area contributed by atoms with Gasteiger partial charge in [0.2, 0.25) is 0 Å². The zero-order valence-electron chi connectivity index (χ0n) is 11.5. The number of fused-ring (bicyclic) bond motifs is 1. The summed E-state index contributed by atoms with van der Waals surface area (Å²) in [5, 5.41) is 29.1. The number of nitrogens with two attached hydrogens (primary N) is 1. The molecule has 2 aromatic rings. The molecule has 0 aliphatic carbocycles. The maximum atomic E-state index is 9.71. The second kappa shape index (κ2) is 6.37. The first kappa shape index (κ1) is 15.7. The molecule has 1 atom stereocenters. The number of halogens is 1. The van der Waals surface area contributed by atoms with Gasteiger partial charge in [0.25, 0.3) is 5.75 Å². The molecule has 0 spiro atoms. The summed E-state index contributed by atoms with van der Waals surface area (Å²) in [6.07, 6.45) is 1.77. The molecule has 0 amide bonds. The van der Waals surface area contributed by atoms with E-state index in [0.29, 0.717) is 5.75 Å². The van der Waals surface area contributed by atoms with E-state index >= 15 is 0 Å². The molecule has 1 heterocycles. The van der Waals surface area contributed by atoms with Gasteiger partial charge >= 0.3 is 0 Å². The fraction of sp³-hybridized carbons (Fsp3) is 0.250. The molecule has 6 N–H and O–H groups in total. The minimum absolute atomic E-state index is 0. The van der Waals surface area contributed by atoms with Gasteiger partial charge in [0.05, 0.1) is 6.54 Å². The van der Waals surface area contributed by atoms with Crippen LogP contribution in [0.15, 0.2) is 36.4 Å². The standard InChI is InChI=1S/C16H17NO3.BrH/c18-12-3-1-10(2-4-12)7-14-13-9-16(20)15(19)8-11(13)5-6-17-14;/h1-4,8-9,14,17-20H,5-7H2;1H/p+1. The predicted octanol–water partition coefficient (Wildman–Crippen LogP) is -2.06. The van der Waals surface area contributed by atoms with Crippen LogP contribution in [0.5, 0.6) is 17.2 Å². The number of phenols is 2. The average molecular weight is 353 g/mol. The molecule has 1 aliphatic heterocycles. The third-order valence-corrected chi connectivity index (χ3v) is 3.91. The van der Waals surface area contributed by atoms with E-state index in [1.807, 2.05) is 12.1 Å². The summed E-state index contributed by atoms with van der Waals surface area (Å²) in [5.41, 5.74) is 3.40. The molecule has 1 unspecified atom stereocenters. The van der Waals surface area contributed by atoms with Gasteiger partial charge in [-0.15, -0.1) is 0 Å². The molecule has 0 aromatic heterocycles. The average Bonchev–Trinajstić information content (AvgIpc) is 2.43. The Hall–Kier alpha value is -1.72. The van der Waals surface area contributed by atoms with E-state index in [2.05, 4.69) is 5.32 Å². The van der Waals surface area contributed by atoms with Crippen LogP contribution in [-0.2, 0) is 12.8 Å². The van der Waals surface area contributed by atoms with Gasteiger partial charge in [-0.05, 0) is 35.4 Å². The Morgan fingerprint density at radius 1 is 1.10 bits per heavy atom. The highest BCUT2D eigenvalue weighted by Gasteiger charge is 2.25. The first-order chi connectivity index (χ1) is 9.63. The van der Waals surface area contributed by atoms with E-state index in [9.17, 15) is 10.2 Å². The fourth-order valence-electron chi connectivity index (χ4n) is 2.85. The van der Waals surface area contributed by atoms with Crippen molar-refractivity contribution in [2.24, 2.45) is 0 Å². The minimum atomic E-state index is -0.0504. The SMILES string of the molecule is Oc1cc2c(cc1O)C(Cc1ccc([OH2+])cc1)[NH2+]CC2.[Br-]. The summed E-state index contributed by atoms with van der Waals surface area (Å²) in [6, 6.07) is 11.2. The van der Waals surface area contributed by atoms with Crippen LogP contribution in [0.25, 0.3) is 0 Å². The monoisotopic (exact) mass is 352 g/mol. The number of phenolic OH excluding ortho intramolecular Hbond substituents is 2. The smallest absolute Gasteiger partial charge is 0.253 e. The molecule has 5 heteroatoms. The summed E-state index contributed by atoms with van der Waals surface area (Å²) in [6.45, 7) is 0.985. The van der Waals surface area contributed by atoms with Gasteiger partial charge in [0.1, 0.15) is 6.04 Å². The maximum absolute atomic E-state index is 9.71. The summed E-state index contributed by atoms with van der Waals surface area (Å²) >= 11 is 0. The number of benzene rings is 2. The Morgan fingerprint density at radius 2 is 1.76 bits per heavy atom. The van der Waals surface area contributed by atoms with E-state index in [1.54, 1.807) is 24.3 Å². The zero-order chi connectivity index (χ0) is 14.1. The summed E-state index contributed by atoms with van der Waals surface area (Å²) in [5.74, 6) is 0.429. The van der Waals surface area contributed by atoms with Crippen molar-refractivity contribution in [3.8, 4) is 17.2 Å². The number of hydrogen-bond acceptors (Lipinski definition) is 2. The lowest BCUT2D eigenvalue weighted by molar-refractivity contribution is -0.698. The summed E-state index contributed by atoms with van der Waals surface area (Å²) < 4.78 is 0. The zero-order valence-corrected chi connectivity index (χ0v) is 13.1. The van der Waals surface area contributed by atoms with Gasteiger partial charge < -0.3 is 37.6 Å². The topological polar surface area (TPSA) is 80.0 Å². The number of quaternary nitrogens is 1. The van der Waals surface area contributed by atoms with Crippen LogP contribution < -0.4 is 22.3 Å². The highest BCUT2D eigenvalue weighted by molar-refractivity contribution is 5.47. The van der Waals surface area contributed by atoms with Gasteiger partial charge in [-0.1, -0.05) is 0 Å². The van der Waals surface area contributed by atoms with Crippen molar-refractivity contribution in [2.75, 3.05) is 6.54 Å². The molecular formula is C16H19BrNO3+. The van der Waals surface area contributed by atoms with Crippen LogP contribution in [0, 0.1) is 0 Å². The number of rotatable bonds is 2. The molecule has 3 rings (SSSR count). The van der Waals surface area contributed by atoms with Crippen molar-refractivity contribution >= 4 is 0 Å². The van der Waals surface area contributed by atoms with Crippen molar-refractivity contribution in [2.45, 2.75) is 18.9 Å². The Kier molecular flexibility index (Phi) is 4.75. The largest absolute Gasteiger partial charge is 1.00 e.